The maximum atomic E-state index is 13.1. The molecular weight excluding hydrogens is 361 g/mol. The van der Waals surface area contributed by atoms with E-state index in [4.69, 9.17) is 0 Å². The largest absolute Gasteiger partial charge is 0.332 e. The number of anilines is 2. The minimum atomic E-state index is -0.768. The average molecular weight is 383 g/mol. The van der Waals surface area contributed by atoms with Gasteiger partial charge in [0.25, 0.3) is 5.91 Å². The predicted molar refractivity (Wildman–Crippen MR) is 105 cm³/mol. The standard InChI is InChI=1S/C21H22FN3O3/c1-13(2)15-4-8-17(9-5-15)23-19(26)12-24-20(27)14(3)25(21(24)28)18-10-6-16(22)7-11-18/h4-11,13-14H,12H2,1-3H3,(H,23,26). The molecule has 0 saturated carbocycles. The smallest absolute Gasteiger partial charge is 0.325 e. The Labute approximate surface area is 162 Å². The van der Waals surface area contributed by atoms with Crippen LogP contribution in [-0.4, -0.2) is 35.3 Å². The van der Waals surface area contributed by atoms with Gasteiger partial charge in [0.1, 0.15) is 18.4 Å². The number of hydrogen-bond acceptors (Lipinski definition) is 3. The summed E-state index contributed by atoms with van der Waals surface area (Å²) in [4.78, 5) is 39.7. The molecule has 1 N–H and O–H groups in total. The van der Waals surface area contributed by atoms with E-state index in [9.17, 15) is 18.8 Å². The van der Waals surface area contributed by atoms with Gasteiger partial charge in [-0.15, -0.1) is 0 Å². The molecule has 1 heterocycles. The molecule has 1 aliphatic heterocycles. The number of imide groups is 1. The molecule has 0 bridgehead atoms. The van der Waals surface area contributed by atoms with Crippen LogP contribution in [0.25, 0.3) is 0 Å². The van der Waals surface area contributed by atoms with Crippen molar-refractivity contribution in [1.29, 1.82) is 0 Å². The topological polar surface area (TPSA) is 69.7 Å². The van der Waals surface area contributed by atoms with Crippen LogP contribution in [0.1, 0.15) is 32.3 Å². The van der Waals surface area contributed by atoms with Crippen LogP contribution < -0.4 is 10.2 Å². The van der Waals surface area contributed by atoms with Crippen molar-refractivity contribution in [2.24, 2.45) is 0 Å². The van der Waals surface area contributed by atoms with E-state index in [-0.39, 0.29) is 6.54 Å². The molecule has 3 rings (SSSR count). The third-order valence-electron chi connectivity index (χ3n) is 4.72. The van der Waals surface area contributed by atoms with Gasteiger partial charge in [-0.05, 0) is 54.8 Å². The van der Waals surface area contributed by atoms with E-state index in [1.165, 1.54) is 29.2 Å². The van der Waals surface area contributed by atoms with Gasteiger partial charge in [-0.3, -0.25) is 19.4 Å². The highest BCUT2D eigenvalue weighted by Crippen LogP contribution is 2.26. The number of carbonyl (C=O) groups excluding carboxylic acids is 3. The minimum Gasteiger partial charge on any atom is -0.325 e. The fourth-order valence-electron chi connectivity index (χ4n) is 3.10. The highest BCUT2D eigenvalue weighted by atomic mass is 19.1. The number of halogens is 1. The van der Waals surface area contributed by atoms with Crippen LogP contribution in [0, 0.1) is 5.82 Å². The Morgan fingerprint density at radius 2 is 1.68 bits per heavy atom. The van der Waals surface area contributed by atoms with E-state index in [2.05, 4.69) is 19.2 Å². The fourth-order valence-corrected chi connectivity index (χ4v) is 3.10. The van der Waals surface area contributed by atoms with Crippen LogP contribution in [0.4, 0.5) is 20.6 Å². The lowest BCUT2D eigenvalue weighted by Crippen LogP contribution is -2.39. The Kier molecular flexibility index (Phi) is 5.44. The first-order valence-electron chi connectivity index (χ1n) is 9.08. The first-order chi connectivity index (χ1) is 13.3. The van der Waals surface area contributed by atoms with Crippen LogP contribution >= 0.6 is 0 Å². The van der Waals surface area contributed by atoms with Crippen LogP contribution in [0.2, 0.25) is 0 Å². The van der Waals surface area contributed by atoms with Crippen molar-refractivity contribution in [2.45, 2.75) is 32.7 Å². The van der Waals surface area contributed by atoms with Gasteiger partial charge in [-0.25, -0.2) is 9.18 Å². The lowest BCUT2D eigenvalue weighted by molar-refractivity contribution is -0.130. The van der Waals surface area contributed by atoms with Crippen molar-refractivity contribution in [2.75, 3.05) is 16.8 Å². The van der Waals surface area contributed by atoms with Gasteiger partial charge in [-0.1, -0.05) is 26.0 Å². The van der Waals surface area contributed by atoms with Gasteiger partial charge in [0, 0.05) is 11.4 Å². The summed E-state index contributed by atoms with van der Waals surface area (Å²) < 4.78 is 13.1. The summed E-state index contributed by atoms with van der Waals surface area (Å²) in [6.45, 7) is 5.34. The summed E-state index contributed by atoms with van der Waals surface area (Å²) >= 11 is 0. The minimum absolute atomic E-state index is 0.378. The zero-order valence-corrected chi connectivity index (χ0v) is 16.0. The van der Waals surface area contributed by atoms with Gasteiger partial charge in [0.05, 0.1) is 0 Å². The lowest BCUT2D eigenvalue weighted by Gasteiger charge is -2.19. The van der Waals surface area contributed by atoms with Crippen molar-refractivity contribution in [1.82, 2.24) is 4.90 Å². The van der Waals surface area contributed by atoms with Gasteiger partial charge in [0.2, 0.25) is 5.91 Å². The predicted octanol–water partition coefficient (Wildman–Crippen LogP) is 3.74. The molecule has 4 amide bonds. The zero-order valence-electron chi connectivity index (χ0n) is 16.0. The second kappa shape index (κ2) is 7.80. The summed E-state index contributed by atoms with van der Waals surface area (Å²) in [6, 6.07) is 11.3. The normalized spacial score (nSPS) is 16.8. The molecule has 1 aliphatic rings. The van der Waals surface area contributed by atoms with Crippen molar-refractivity contribution < 1.29 is 18.8 Å². The average Bonchev–Trinajstić information content (AvgIpc) is 2.86. The SMILES string of the molecule is CC(C)c1ccc(NC(=O)CN2C(=O)C(C)N(c3ccc(F)cc3)C2=O)cc1. The lowest BCUT2D eigenvalue weighted by atomic mass is 10.0. The van der Waals surface area contributed by atoms with Crippen molar-refractivity contribution in [3.63, 3.8) is 0 Å². The summed E-state index contributed by atoms with van der Waals surface area (Å²) in [5.74, 6) is -0.996. The molecule has 28 heavy (non-hydrogen) atoms. The fraction of sp³-hybridized carbons (Fsp3) is 0.286. The number of carbonyl (C=O) groups is 3. The second-order valence-electron chi connectivity index (χ2n) is 7.05. The molecule has 2 aromatic rings. The first kappa shape index (κ1) is 19.5. The van der Waals surface area contributed by atoms with Crippen molar-refractivity contribution in [3.8, 4) is 0 Å². The summed E-state index contributed by atoms with van der Waals surface area (Å²) in [5, 5.41) is 2.70. The zero-order chi connectivity index (χ0) is 20.4. The first-order valence-corrected chi connectivity index (χ1v) is 9.08. The summed E-state index contributed by atoms with van der Waals surface area (Å²) in [5.41, 5.74) is 2.14. The van der Waals surface area contributed by atoms with E-state index in [1.54, 1.807) is 19.1 Å². The summed E-state index contributed by atoms with van der Waals surface area (Å²) in [6.07, 6.45) is 0. The Morgan fingerprint density at radius 3 is 2.25 bits per heavy atom. The van der Waals surface area contributed by atoms with E-state index < -0.39 is 29.7 Å². The number of urea groups is 1. The van der Waals surface area contributed by atoms with Crippen LogP contribution in [0.15, 0.2) is 48.5 Å². The number of amides is 4. The molecular formula is C21H22FN3O3. The van der Waals surface area contributed by atoms with E-state index in [0.29, 0.717) is 17.3 Å². The molecule has 1 atom stereocenters. The number of benzene rings is 2. The second-order valence-corrected chi connectivity index (χ2v) is 7.05. The number of nitrogens with one attached hydrogen (secondary N) is 1. The third-order valence-corrected chi connectivity index (χ3v) is 4.72. The molecule has 146 valence electrons. The molecule has 2 aromatic carbocycles. The Morgan fingerprint density at radius 1 is 1.07 bits per heavy atom. The Balaban J connectivity index is 1.69. The van der Waals surface area contributed by atoms with Crippen LogP contribution in [0.5, 0.6) is 0 Å². The van der Waals surface area contributed by atoms with E-state index in [0.717, 1.165) is 10.5 Å². The van der Waals surface area contributed by atoms with Crippen molar-refractivity contribution in [3.05, 3.63) is 59.9 Å². The third kappa shape index (κ3) is 3.88. The van der Waals surface area contributed by atoms with Crippen LogP contribution in [-0.2, 0) is 9.59 Å². The van der Waals surface area contributed by atoms with Crippen molar-refractivity contribution >= 4 is 29.2 Å². The maximum Gasteiger partial charge on any atom is 0.332 e. The number of nitrogens with zero attached hydrogens (tertiary/aromatic N) is 2. The molecule has 6 nitrogen and oxygen atoms in total. The van der Waals surface area contributed by atoms with Gasteiger partial charge in [0.15, 0.2) is 0 Å². The highest BCUT2D eigenvalue weighted by Gasteiger charge is 2.44. The van der Waals surface area contributed by atoms with Gasteiger partial charge >= 0.3 is 6.03 Å². The molecule has 0 aromatic heterocycles. The van der Waals surface area contributed by atoms with E-state index >= 15 is 0 Å². The van der Waals surface area contributed by atoms with Gasteiger partial charge in [-0.2, -0.15) is 0 Å². The van der Waals surface area contributed by atoms with E-state index in [1.807, 2.05) is 12.1 Å². The summed E-state index contributed by atoms with van der Waals surface area (Å²) in [7, 11) is 0. The molecule has 0 aliphatic carbocycles. The molecule has 0 spiro atoms. The molecule has 0 radical (unpaired) electrons. The Bertz CT molecular complexity index is 894. The highest BCUT2D eigenvalue weighted by molar-refractivity contribution is 6.16. The van der Waals surface area contributed by atoms with Gasteiger partial charge < -0.3 is 5.32 Å². The number of hydrogen-bond donors (Lipinski definition) is 1. The maximum absolute atomic E-state index is 13.1. The molecule has 1 saturated heterocycles. The molecule has 7 heteroatoms. The Hall–Kier alpha value is -3.22. The van der Waals surface area contributed by atoms with Crippen LogP contribution in [0.3, 0.4) is 0 Å². The monoisotopic (exact) mass is 383 g/mol. The number of rotatable bonds is 5. The molecule has 1 fully saturated rings. The molecule has 1 unspecified atom stereocenters. The quantitative estimate of drug-likeness (QED) is 0.800.